The maximum Gasteiger partial charge on any atom is 0.321 e. The number of amides is 2. The number of likely N-dealkylation sites (tertiary alicyclic amines) is 1. The number of hydrogen-bond donors (Lipinski definition) is 1. The number of ketones is 1. The number of nitrogens with zero attached hydrogens (tertiary/aromatic N) is 1. The van der Waals surface area contributed by atoms with Crippen LogP contribution in [-0.2, 0) is 0 Å². The van der Waals surface area contributed by atoms with Gasteiger partial charge in [0.25, 0.3) is 0 Å². The first kappa shape index (κ1) is 16.2. The second-order valence-corrected chi connectivity index (χ2v) is 6.41. The van der Waals surface area contributed by atoms with Gasteiger partial charge in [0, 0.05) is 30.3 Å². The molecule has 1 aliphatic heterocycles. The molecule has 4 heteroatoms. The van der Waals surface area contributed by atoms with Gasteiger partial charge in [-0.15, -0.1) is 0 Å². The van der Waals surface area contributed by atoms with Crippen LogP contribution in [0.5, 0.6) is 0 Å². The number of urea groups is 1. The van der Waals surface area contributed by atoms with E-state index >= 15 is 0 Å². The van der Waals surface area contributed by atoms with Crippen molar-refractivity contribution < 1.29 is 9.59 Å². The Labute approximate surface area is 142 Å². The van der Waals surface area contributed by atoms with Gasteiger partial charge in [-0.2, -0.15) is 0 Å². The molecule has 0 radical (unpaired) electrons. The first-order valence-corrected chi connectivity index (χ1v) is 8.26. The maximum atomic E-state index is 12.5. The summed E-state index contributed by atoms with van der Waals surface area (Å²) >= 11 is 0. The number of nitrogens with one attached hydrogen (secondary N) is 1. The molecule has 1 fully saturated rings. The molecule has 2 amide bonds. The molecule has 4 nitrogen and oxygen atoms in total. The fourth-order valence-electron chi connectivity index (χ4n) is 3.07. The largest absolute Gasteiger partial charge is 0.324 e. The van der Waals surface area contributed by atoms with Crippen molar-refractivity contribution in [3.05, 3.63) is 65.2 Å². The Bertz CT molecular complexity index is 752. The number of aryl methyl sites for hydroxylation is 1. The highest BCUT2D eigenvalue weighted by Gasteiger charge is 2.27. The predicted octanol–water partition coefficient (Wildman–Crippen LogP) is 4.22. The van der Waals surface area contributed by atoms with Gasteiger partial charge in [-0.3, -0.25) is 4.79 Å². The van der Waals surface area contributed by atoms with Gasteiger partial charge in [-0.25, -0.2) is 4.79 Å². The molecule has 0 bridgehead atoms. The third-order valence-corrected chi connectivity index (χ3v) is 4.54. The lowest BCUT2D eigenvalue weighted by Crippen LogP contribution is -2.32. The fraction of sp³-hybridized carbons (Fsp3) is 0.300. The summed E-state index contributed by atoms with van der Waals surface area (Å²) in [5, 5.41) is 2.90. The number of carbonyl (C=O) groups excluding carboxylic acids is 2. The minimum atomic E-state index is -0.106. The Kier molecular flexibility index (Phi) is 4.65. The van der Waals surface area contributed by atoms with Crippen molar-refractivity contribution in [1.29, 1.82) is 0 Å². The molecule has 1 atom stereocenters. The number of rotatable bonds is 3. The molecule has 0 aliphatic carbocycles. The topological polar surface area (TPSA) is 49.4 Å². The van der Waals surface area contributed by atoms with Crippen LogP contribution >= 0.6 is 0 Å². The second kappa shape index (κ2) is 6.87. The highest BCUT2D eigenvalue weighted by molar-refractivity contribution is 5.96. The summed E-state index contributed by atoms with van der Waals surface area (Å²) in [6.07, 6.45) is 0.976. The van der Waals surface area contributed by atoms with Crippen LogP contribution in [0.2, 0.25) is 0 Å². The molecule has 2 aromatic rings. The van der Waals surface area contributed by atoms with Gasteiger partial charge in [0.05, 0.1) is 0 Å². The standard InChI is InChI=1S/C20H22N2O2/c1-14-6-8-16(9-7-14)18-10-11-22(13-18)20(24)21-19-5-3-4-17(12-19)15(2)23/h3-9,12,18H,10-11,13H2,1-2H3,(H,21,24)/t18-/m1/s1. The van der Waals surface area contributed by atoms with Crippen LogP contribution in [0.3, 0.4) is 0 Å². The molecule has 0 unspecified atom stereocenters. The highest BCUT2D eigenvalue weighted by atomic mass is 16.2. The first-order chi connectivity index (χ1) is 11.5. The zero-order valence-corrected chi connectivity index (χ0v) is 14.1. The van der Waals surface area contributed by atoms with Gasteiger partial charge in [-0.1, -0.05) is 42.0 Å². The zero-order chi connectivity index (χ0) is 17.1. The van der Waals surface area contributed by atoms with Gasteiger partial charge in [-0.05, 0) is 38.0 Å². The molecule has 1 N–H and O–H groups in total. The van der Waals surface area contributed by atoms with E-state index in [4.69, 9.17) is 0 Å². The van der Waals surface area contributed by atoms with Gasteiger partial charge < -0.3 is 10.2 Å². The number of anilines is 1. The van der Waals surface area contributed by atoms with Crippen LogP contribution in [0, 0.1) is 6.92 Å². The molecule has 124 valence electrons. The Morgan fingerprint density at radius 1 is 1.12 bits per heavy atom. The van der Waals surface area contributed by atoms with Gasteiger partial charge in [0.2, 0.25) is 0 Å². The van der Waals surface area contributed by atoms with E-state index in [1.807, 2.05) is 4.90 Å². The van der Waals surface area contributed by atoms with Crippen molar-refractivity contribution in [1.82, 2.24) is 4.90 Å². The van der Waals surface area contributed by atoms with Crippen LogP contribution in [0.4, 0.5) is 10.5 Å². The minimum absolute atomic E-state index is 0.00768. The van der Waals surface area contributed by atoms with Crippen LogP contribution < -0.4 is 5.32 Å². The van der Waals surface area contributed by atoms with Crippen LogP contribution in [0.25, 0.3) is 0 Å². The van der Waals surface area contributed by atoms with E-state index in [9.17, 15) is 9.59 Å². The fourth-order valence-corrected chi connectivity index (χ4v) is 3.07. The molecule has 3 rings (SSSR count). The van der Waals surface area contributed by atoms with Crippen LogP contribution in [-0.4, -0.2) is 29.8 Å². The molecule has 0 aromatic heterocycles. The number of benzene rings is 2. The highest BCUT2D eigenvalue weighted by Crippen LogP contribution is 2.27. The van der Waals surface area contributed by atoms with Crippen LogP contribution in [0.1, 0.15) is 40.7 Å². The molecule has 2 aromatic carbocycles. The lowest BCUT2D eigenvalue weighted by Gasteiger charge is -2.18. The average molecular weight is 322 g/mol. The van der Waals surface area contributed by atoms with Gasteiger partial charge in [0.1, 0.15) is 0 Å². The van der Waals surface area contributed by atoms with E-state index < -0.39 is 0 Å². The van der Waals surface area contributed by atoms with E-state index in [0.29, 0.717) is 17.2 Å². The number of carbonyl (C=O) groups is 2. The lowest BCUT2D eigenvalue weighted by atomic mass is 9.98. The van der Waals surface area contributed by atoms with E-state index in [-0.39, 0.29) is 11.8 Å². The normalized spacial score (nSPS) is 16.9. The molecule has 0 saturated carbocycles. The monoisotopic (exact) mass is 322 g/mol. The summed E-state index contributed by atoms with van der Waals surface area (Å²) in [6, 6.07) is 15.5. The molecule has 1 heterocycles. The van der Waals surface area contributed by atoms with E-state index in [0.717, 1.165) is 19.5 Å². The molecule has 24 heavy (non-hydrogen) atoms. The Hall–Kier alpha value is -2.62. The Balaban J connectivity index is 1.63. The third-order valence-electron chi connectivity index (χ3n) is 4.54. The SMILES string of the molecule is CC(=O)c1cccc(NC(=O)N2CC[C@@H](c3ccc(C)cc3)C2)c1. The van der Waals surface area contributed by atoms with Crippen molar-refractivity contribution in [2.75, 3.05) is 18.4 Å². The first-order valence-electron chi connectivity index (χ1n) is 8.26. The zero-order valence-electron chi connectivity index (χ0n) is 14.1. The van der Waals surface area contributed by atoms with E-state index in [1.54, 1.807) is 24.3 Å². The smallest absolute Gasteiger partial charge is 0.321 e. The summed E-state index contributed by atoms with van der Waals surface area (Å²) in [7, 11) is 0. The summed E-state index contributed by atoms with van der Waals surface area (Å²) in [4.78, 5) is 25.7. The molecule has 1 aliphatic rings. The van der Waals surface area contributed by atoms with Crippen molar-refractivity contribution in [3.63, 3.8) is 0 Å². The summed E-state index contributed by atoms with van der Waals surface area (Å²) in [5.74, 6) is 0.381. The summed E-state index contributed by atoms with van der Waals surface area (Å²) in [6.45, 7) is 5.07. The van der Waals surface area contributed by atoms with Crippen molar-refractivity contribution >= 4 is 17.5 Å². The maximum absolute atomic E-state index is 12.5. The molecule has 1 saturated heterocycles. The molecular formula is C20H22N2O2. The van der Waals surface area contributed by atoms with Crippen LogP contribution in [0.15, 0.2) is 48.5 Å². The number of hydrogen-bond acceptors (Lipinski definition) is 2. The Morgan fingerprint density at radius 2 is 1.88 bits per heavy atom. The summed E-state index contributed by atoms with van der Waals surface area (Å²) in [5.41, 5.74) is 3.80. The Morgan fingerprint density at radius 3 is 2.58 bits per heavy atom. The average Bonchev–Trinajstić information content (AvgIpc) is 3.06. The van der Waals surface area contributed by atoms with Gasteiger partial charge in [0.15, 0.2) is 5.78 Å². The molecular weight excluding hydrogens is 300 g/mol. The minimum Gasteiger partial charge on any atom is -0.324 e. The second-order valence-electron chi connectivity index (χ2n) is 6.41. The predicted molar refractivity (Wildman–Crippen MR) is 95.6 cm³/mol. The lowest BCUT2D eigenvalue weighted by molar-refractivity contribution is 0.101. The number of Topliss-reactive ketones (excluding diaryl/α,β-unsaturated/α-hetero) is 1. The molecule has 0 spiro atoms. The van der Waals surface area contributed by atoms with E-state index in [2.05, 4.69) is 36.5 Å². The van der Waals surface area contributed by atoms with E-state index in [1.165, 1.54) is 18.1 Å². The quantitative estimate of drug-likeness (QED) is 0.860. The van der Waals surface area contributed by atoms with Crippen molar-refractivity contribution in [2.45, 2.75) is 26.2 Å². The van der Waals surface area contributed by atoms with Gasteiger partial charge >= 0.3 is 6.03 Å². The van der Waals surface area contributed by atoms with Crippen molar-refractivity contribution in [2.24, 2.45) is 0 Å². The van der Waals surface area contributed by atoms with Crippen molar-refractivity contribution in [3.8, 4) is 0 Å². The third kappa shape index (κ3) is 3.65. The summed E-state index contributed by atoms with van der Waals surface area (Å²) < 4.78 is 0.